The number of allylic oxidation sites excluding steroid dienone is 1. The van der Waals surface area contributed by atoms with Crippen molar-refractivity contribution in [3.8, 4) is 0 Å². The molecule has 0 aliphatic heterocycles. The number of amides is 1. The van der Waals surface area contributed by atoms with Crippen LogP contribution in [-0.4, -0.2) is 21.2 Å². The van der Waals surface area contributed by atoms with Crippen LogP contribution in [0.1, 0.15) is 11.1 Å². The fourth-order valence-electron chi connectivity index (χ4n) is 2.66. The number of benzene rings is 2. The minimum absolute atomic E-state index is 0.129. The number of nitrogens with zero attached hydrogens (tertiary/aromatic N) is 2. The topological polar surface area (TPSA) is 64.0 Å². The van der Waals surface area contributed by atoms with Crippen molar-refractivity contribution in [2.24, 2.45) is 0 Å². The van der Waals surface area contributed by atoms with Gasteiger partial charge in [-0.2, -0.15) is 0 Å². The Morgan fingerprint density at radius 1 is 1.29 bits per heavy atom. The van der Waals surface area contributed by atoms with Crippen LogP contribution < -0.4 is 10.9 Å². The van der Waals surface area contributed by atoms with E-state index in [0.29, 0.717) is 34.2 Å². The number of hydrogen-bond acceptors (Lipinski definition) is 4. The molecule has 0 aliphatic carbocycles. The zero-order valence-electron chi connectivity index (χ0n) is 15.4. The molecule has 0 fully saturated rings. The first kappa shape index (κ1) is 20.2. The van der Waals surface area contributed by atoms with Gasteiger partial charge in [-0.1, -0.05) is 59.3 Å². The fourth-order valence-corrected chi connectivity index (χ4v) is 3.67. The molecular formula is C21H20ClN3O2S. The highest BCUT2D eigenvalue weighted by molar-refractivity contribution is 7.99. The average molecular weight is 414 g/mol. The Morgan fingerprint density at radius 2 is 2.04 bits per heavy atom. The first-order chi connectivity index (χ1) is 13.5. The Bertz CT molecular complexity index is 1080. The zero-order chi connectivity index (χ0) is 20.1. The number of nitrogens with one attached hydrogen (secondary N) is 1. The van der Waals surface area contributed by atoms with Gasteiger partial charge in [0.1, 0.15) is 0 Å². The van der Waals surface area contributed by atoms with Crippen molar-refractivity contribution in [2.75, 3.05) is 5.75 Å². The van der Waals surface area contributed by atoms with Crippen LogP contribution in [0.4, 0.5) is 0 Å². The number of rotatable bonds is 7. The van der Waals surface area contributed by atoms with Gasteiger partial charge in [0, 0.05) is 18.1 Å². The van der Waals surface area contributed by atoms with E-state index in [1.54, 1.807) is 24.3 Å². The molecular weight excluding hydrogens is 394 g/mol. The number of fused-ring (bicyclic) bond motifs is 1. The quantitative estimate of drug-likeness (QED) is 0.362. The average Bonchev–Trinajstić information content (AvgIpc) is 2.68. The molecule has 0 aliphatic rings. The Labute approximate surface area is 172 Å². The van der Waals surface area contributed by atoms with E-state index in [-0.39, 0.29) is 17.2 Å². The number of halogens is 1. The first-order valence-corrected chi connectivity index (χ1v) is 10.1. The number of carbonyl (C=O) groups excluding carboxylic acids is 1. The lowest BCUT2D eigenvalue weighted by atomic mass is 10.1. The molecule has 3 rings (SSSR count). The van der Waals surface area contributed by atoms with E-state index >= 15 is 0 Å². The lowest BCUT2D eigenvalue weighted by Crippen LogP contribution is -2.26. The SMILES string of the molecule is C=CCn1c(SCC(=O)NCc2ccc(C)cc2)nc2cc(Cl)ccc2c1=O. The summed E-state index contributed by atoms with van der Waals surface area (Å²) in [6, 6.07) is 13.0. The molecule has 144 valence electrons. The largest absolute Gasteiger partial charge is 0.351 e. The number of thioether (sulfide) groups is 1. The predicted octanol–water partition coefficient (Wildman–Crippen LogP) is 3.95. The van der Waals surface area contributed by atoms with Gasteiger partial charge in [-0.05, 0) is 30.7 Å². The van der Waals surface area contributed by atoms with Crippen LogP contribution in [0.3, 0.4) is 0 Å². The summed E-state index contributed by atoms with van der Waals surface area (Å²) in [7, 11) is 0. The zero-order valence-corrected chi connectivity index (χ0v) is 17.0. The minimum atomic E-state index is -0.177. The molecule has 0 unspecified atom stereocenters. The van der Waals surface area contributed by atoms with E-state index < -0.39 is 0 Å². The van der Waals surface area contributed by atoms with E-state index in [2.05, 4.69) is 16.9 Å². The summed E-state index contributed by atoms with van der Waals surface area (Å²) in [5.41, 5.74) is 2.55. The summed E-state index contributed by atoms with van der Waals surface area (Å²) in [5, 5.41) is 4.34. The van der Waals surface area contributed by atoms with Crippen molar-refractivity contribution in [3.63, 3.8) is 0 Å². The molecule has 0 bridgehead atoms. The summed E-state index contributed by atoms with van der Waals surface area (Å²) in [4.78, 5) is 29.5. The maximum absolute atomic E-state index is 12.8. The Kier molecular flexibility index (Phi) is 6.54. The molecule has 7 heteroatoms. The van der Waals surface area contributed by atoms with Gasteiger partial charge in [0.25, 0.3) is 5.56 Å². The van der Waals surface area contributed by atoms with Gasteiger partial charge < -0.3 is 5.32 Å². The molecule has 28 heavy (non-hydrogen) atoms. The molecule has 1 N–H and O–H groups in total. The molecule has 1 heterocycles. The Morgan fingerprint density at radius 3 is 2.75 bits per heavy atom. The van der Waals surface area contributed by atoms with Gasteiger partial charge in [-0.15, -0.1) is 6.58 Å². The van der Waals surface area contributed by atoms with Crippen molar-refractivity contribution in [1.82, 2.24) is 14.9 Å². The molecule has 0 spiro atoms. The third-order valence-electron chi connectivity index (χ3n) is 4.14. The molecule has 3 aromatic rings. The van der Waals surface area contributed by atoms with Crippen molar-refractivity contribution in [2.45, 2.75) is 25.2 Å². The monoisotopic (exact) mass is 413 g/mol. The van der Waals surface area contributed by atoms with E-state index in [0.717, 1.165) is 5.56 Å². The van der Waals surface area contributed by atoms with Crippen molar-refractivity contribution >= 4 is 40.2 Å². The molecule has 0 radical (unpaired) electrons. The second-order valence-corrected chi connectivity index (χ2v) is 7.69. The van der Waals surface area contributed by atoms with Gasteiger partial charge in [-0.3, -0.25) is 14.2 Å². The predicted molar refractivity (Wildman–Crippen MR) is 115 cm³/mol. The van der Waals surface area contributed by atoms with E-state index in [1.807, 2.05) is 31.2 Å². The summed E-state index contributed by atoms with van der Waals surface area (Å²) < 4.78 is 1.52. The maximum atomic E-state index is 12.8. The van der Waals surface area contributed by atoms with Gasteiger partial charge in [0.15, 0.2) is 5.16 Å². The number of carbonyl (C=O) groups is 1. The second-order valence-electron chi connectivity index (χ2n) is 6.31. The van der Waals surface area contributed by atoms with Crippen LogP contribution in [0.5, 0.6) is 0 Å². The number of aryl methyl sites for hydroxylation is 1. The van der Waals surface area contributed by atoms with Crippen LogP contribution in [-0.2, 0) is 17.9 Å². The van der Waals surface area contributed by atoms with Crippen molar-refractivity contribution in [1.29, 1.82) is 0 Å². The third-order valence-corrected chi connectivity index (χ3v) is 5.35. The third kappa shape index (κ3) is 4.82. The van der Waals surface area contributed by atoms with Crippen LogP contribution >= 0.6 is 23.4 Å². The fraction of sp³-hybridized carbons (Fsp3) is 0.190. The van der Waals surface area contributed by atoms with Crippen LogP contribution in [0.25, 0.3) is 10.9 Å². The van der Waals surface area contributed by atoms with E-state index in [9.17, 15) is 9.59 Å². The molecule has 5 nitrogen and oxygen atoms in total. The highest BCUT2D eigenvalue weighted by Crippen LogP contribution is 2.20. The van der Waals surface area contributed by atoms with Crippen LogP contribution in [0.2, 0.25) is 5.02 Å². The summed E-state index contributed by atoms with van der Waals surface area (Å²) in [6.07, 6.45) is 1.63. The highest BCUT2D eigenvalue weighted by atomic mass is 35.5. The summed E-state index contributed by atoms with van der Waals surface area (Å²) >= 11 is 7.24. The van der Waals surface area contributed by atoms with E-state index in [1.165, 1.54) is 21.9 Å². The molecule has 2 aromatic carbocycles. The smallest absolute Gasteiger partial charge is 0.262 e. The lowest BCUT2D eigenvalue weighted by Gasteiger charge is -2.12. The minimum Gasteiger partial charge on any atom is -0.351 e. The molecule has 0 saturated carbocycles. The summed E-state index contributed by atoms with van der Waals surface area (Å²) in [5.74, 6) is 0.0257. The summed E-state index contributed by atoms with van der Waals surface area (Å²) in [6.45, 7) is 6.49. The maximum Gasteiger partial charge on any atom is 0.262 e. The van der Waals surface area contributed by atoms with Gasteiger partial charge in [0.2, 0.25) is 5.91 Å². The van der Waals surface area contributed by atoms with Crippen molar-refractivity contribution < 1.29 is 4.79 Å². The lowest BCUT2D eigenvalue weighted by molar-refractivity contribution is -0.118. The number of aromatic nitrogens is 2. The standard InChI is InChI=1S/C21H20ClN3O2S/c1-3-10-25-20(27)17-9-8-16(22)11-18(17)24-21(25)28-13-19(26)23-12-15-6-4-14(2)5-7-15/h3-9,11H,1,10,12-13H2,2H3,(H,23,26). The number of hydrogen-bond donors (Lipinski definition) is 1. The highest BCUT2D eigenvalue weighted by Gasteiger charge is 2.13. The van der Waals surface area contributed by atoms with Gasteiger partial charge in [0.05, 0.1) is 16.7 Å². The van der Waals surface area contributed by atoms with Crippen LogP contribution in [0, 0.1) is 6.92 Å². The van der Waals surface area contributed by atoms with Crippen LogP contribution in [0.15, 0.2) is 65.1 Å². The van der Waals surface area contributed by atoms with Gasteiger partial charge in [-0.25, -0.2) is 4.98 Å². The van der Waals surface area contributed by atoms with Gasteiger partial charge >= 0.3 is 0 Å². The molecule has 0 atom stereocenters. The molecule has 1 amide bonds. The Hall–Kier alpha value is -2.57. The second kappa shape index (κ2) is 9.08. The first-order valence-electron chi connectivity index (χ1n) is 8.74. The van der Waals surface area contributed by atoms with Crippen molar-refractivity contribution in [3.05, 3.63) is 81.6 Å². The normalized spacial score (nSPS) is 10.8. The molecule has 1 aromatic heterocycles. The van der Waals surface area contributed by atoms with E-state index in [4.69, 9.17) is 11.6 Å². The molecule has 0 saturated heterocycles. The Balaban J connectivity index is 1.74.